The molecule has 0 N–H and O–H groups in total. The lowest BCUT2D eigenvalue weighted by atomic mass is 10.1. The van der Waals surface area contributed by atoms with Crippen molar-refractivity contribution in [1.82, 2.24) is 4.98 Å². The Bertz CT molecular complexity index is 415. The molecule has 0 aliphatic rings. The lowest BCUT2D eigenvalue weighted by Crippen LogP contribution is -1.99. The van der Waals surface area contributed by atoms with E-state index in [1.54, 1.807) is 12.1 Å². The number of hydrogen-bond acceptors (Lipinski definition) is 3. The van der Waals surface area contributed by atoms with Crippen molar-refractivity contribution in [2.75, 3.05) is 0 Å². The van der Waals surface area contributed by atoms with Crippen LogP contribution in [0.15, 0.2) is 12.3 Å². The summed E-state index contributed by atoms with van der Waals surface area (Å²) in [6.45, 7) is 0. The lowest BCUT2D eigenvalue weighted by molar-refractivity contribution is 0.145. The first-order valence-electron chi connectivity index (χ1n) is 3.73. The smallest absolute Gasteiger partial charge is 0.254 e. The molecule has 0 atom stereocenters. The highest BCUT2D eigenvalue weighted by molar-refractivity contribution is 5.42. The molecule has 1 rings (SSSR count). The van der Waals surface area contributed by atoms with E-state index in [0.717, 1.165) is 0 Å². The third-order valence-corrected chi connectivity index (χ3v) is 1.65. The summed E-state index contributed by atoms with van der Waals surface area (Å²) < 4.78 is 24.7. The first-order valence-corrected chi connectivity index (χ1v) is 3.73. The average Bonchev–Trinajstić information content (AvgIpc) is 2.18. The maximum Gasteiger partial charge on any atom is 0.281 e. The van der Waals surface area contributed by atoms with Crippen LogP contribution in [0.4, 0.5) is 8.78 Å². The molecule has 0 aliphatic carbocycles. The predicted octanol–water partition coefficient (Wildman–Crippen LogP) is 1.96. The minimum absolute atomic E-state index is 0.0644. The second-order valence-electron chi connectivity index (χ2n) is 2.48. The second-order valence-corrected chi connectivity index (χ2v) is 2.48. The van der Waals surface area contributed by atoms with Gasteiger partial charge in [0.05, 0.1) is 18.1 Å². The summed E-state index contributed by atoms with van der Waals surface area (Å²) in [6, 6.07) is 4.83. The number of nitriles is 2. The van der Waals surface area contributed by atoms with Gasteiger partial charge in [-0.2, -0.15) is 10.5 Å². The molecule has 0 aliphatic heterocycles. The molecule has 0 bridgehead atoms. The molecule has 0 spiro atoms. The Kier molecular flexibility index (Phi) is 3.09. The third kappa shape index (κ3) is 1.83. The van der Waals surface area contributed by atoms with Crippen LogP contribution < -0.4 is 0 Å². The highest BCUT2D eigenvalue weighted by Gasteiger charge is 2.17. The fourth-order valence-electron chi connectivity index (χ4n) is 1.05. The zero-order valence-corrected chi connectivity index (χ0v) is 7.04. The summed E-state index contributed by atoms with van der Waals surface area (Å²) in [7, 11) is 0. The minimum Gasteiger partial charge on any atom is -0.254 e. The summed E-state index contributed by atoms with van der Waals surface area (Å²) in [5, 5.41) is 17.0. The fourth-order valence-corrected chi connectivity index (χ4v) is 1.05. The Morgan fingerprint density at radius 1 is 1.43 bits per heavy atom. The van der Waals surface area contributed by atoms with E-state index in [-0.39, 0.29) is 12.0 Å². The summed E-state index contributed by atoms with van der Waals surface area (Å²) in [4.78, 5) is 3.41. The highest BCUT2D eigenvalue weighted by atomic mass is 19.3. The van der Waals surface area contributed by atoms with Gasteiger partial charge in [-0.05, 0) is 11.6 Å². The predicted molar refractivity (Wildman–Crippen MR) is 43.2 cm³/mol. The van der Waals surface area contributed by atoms with Gasteiger partial charge in [-0.1, -0.05) is 0 Å². The minimum atomic E-state index is -2.79. The monoisotopic (exact) mass is 193 g/mol. The number of halogens is 2. The molecule has 0 saturated carbocycles. The van der Waals surface area contributed by atoms with Gasteiger partial charge < -0.3 is 0 Å². The van der Waals surface area contributed by atoms with Gasteiger partial charge in [0.15, 0.2) is 0 Å². The van der Waals surface area contributed by atoms with Gasteiger partial charge in [0.2, 0.25) is 0 Å². The maximum atomic E-state index is 12.3. The quantitative estimate of drug-likeness (QED) is 0.721. The van der Waals surface area contributed by atoms with E-state index in [9.17, 15) is 8.78 Å². The molecule has 0 radical (unpaired) electrons. The Labute approximate surface area is 79.2 Å². The van der Waals surface area contributed by atoms with E-state index in [4.69, 9.17) is 10.5 Å². The molecule has 0 saturated heterocycles. The SMILES string of the molecule is N#CCc1ccnc(C(F)F)c1C#N. The molecule has 1 aromatic heterocycles. The zero-order chi connectivity index (χ0) is 10.6. The van der Waals surface area contributed by atoms with Gasteiger partial charge in [-0.25, -0.2) is 8.78 Å². The van der Waals surface area contributed by atoms with E-state index in [2.05, 4.69) is 4.98 Å². The third-order valence-electron chi connectivity index (χ3n) is 1.65. The molecule has 0 amide bonds. The number of nitrogens with zero attached hydrogens (tertiary/aromatic N) is 3. The molecular formula is C9H5F2N3. The second kappa shape index (κ2) is 4.29. The summed E-state index contributed by atoms with van der Waals surface area (Å²) in [5.41, 5.74) is -0.454. The molecule has 5 heteroatoms. The van der Waals surface area contributed by atoms with Crippen molar-refractivity contribution in [2.45, 2.75) is 12.8 Å². The maximum absolute atomic E-state index is 12.3. The number of alkyl halides is 2. The summed E-state index contributed by atoms with van der Waals surface area (Å²) >= 11 is 0. The molecule has 0 unspecified atom stereocenters. The molecule has 14 heavy (non-hydrogen) atoms. The van der Waals surface area contributed by atoms with Crippen LogP contribution in [0.25, 0.3) is 0 Å². The number of rotatable bonds is 2. The number of hydrogen-bond donors (Lipinski definition) is 0. The van der Waals surface area contributed by atoms with Crippen LogP contribution in [0.3, 0.4) is 0 Å². The van der Waals surface area contributed by atoms with Crippen molar-refractivity contribution in [3.63, 3.8) is 0 Å². The first kappa shape index (κ1) is 10.1. The van der Waals surface area contributed by atoms with Crippen molar-refractivity contribution < 1.29 is 8.78 Å². The van der Waals surface area contributed by atoms with Gasteiger partial charge in [0.25, 0.3) is 6.43 Å². The molecule has 0 fully saturated rings. The largest absolute Gasteiger partial charge is 0.281 e. The van der Waals surface area contributed by atoms with Gasteiger partial charge in [0, 0.05) is 6.20 Å². The molecular weight excluding hydrogens is 188 g/mol. The van der Waals surface area contributed by atoms with Crippen LogP contribution in [0, 0.1) is 22.7 Å². The van der Waals surface area contributed by atoms with Crippen molar-refractivity contribution >= 4 is 0 Å². The first-order chi connectivity index (χ1) is 6.70. The van der Waals surface area contributed by atoms with Crippen LogP contribution in [0.2, 0.25) is 0 Å². The highest BCUT2D eigenvalue weighted by Crippen LogP contribution is 2.22. The van der Waals surface area contributed by atoms with E-state index in [1.165, 1.54) is 12.3 Å². The van der Waals surface area contributed by atoms with Gasteiger partial charge in [-0.3, -0.25) is 4.98 Å². The standard InChI is InChI=1S/C9H5F2N3/c10-9(11)8-7(5-13)6(1-3-12)2-4-14-8/h2,4,9H,1H2. The Morgan fingerprint density at radius 3 is 2.64 bits per heavy atom. The molecule has 1 aromatic rings. The van der Waals surface area contributed by atoms with E-state index < -0.39 is 12.1 Å². The number of pyridine rings is 1. The van der Waals surface area contributed by atoms with E-state index in [1.807, 2.05) is 0 Å². The van der Waals surface area contributed by atoms with E-state index >= 15 is 0 Å². The summed E-state index contributed by atoms with van der Waals surface area (Å²) in [6.07, 6.45) is -1.68. The Hall–Kier alpha value is -2.01. The normalized spacial score (nSPS) is 9.50. The van der Waals surface area contributed by atoms with Crippen LogP contribution in [-0.2, 0) is 6.42 Å². The molecule has 3 nitrogen and oxygen atoms in total. The topological polar surface area (TPSA) is 60.5 Å². The van der Waals surface area contributed by atoms with Crippen molar-refractivity contribution in [2.24, 2.45) is 0 Å². The van der Waals surface area contributed by atoms with Gasteiger partial charge in [0.1, 0.15) is 11.8 Å². The lowest BCUT2D eigenvalue weighted by Gasteiger charge is -2.04. The van der Waals surface area contributed by atoms with Crippen LogP contribution in [0.5, 0.6) is 0 Å². The van der Waals surface area contributed by atoms with Crippen molar-refractivity contribution in [3.05, 3.63) is 29.1 Å². The van der Waals surface area contributed by atoms with Crippen molar-refractivity contribution in [1.29, 1.82) is 10.5 Å². The van der Waals surface area contributed by atoms with Crippen LogP contribution in [-0.4, -0.2) is 4.98 Å². The average molecular weight is 193 g/mol. The molecule has 70 valence electrons. The van der Waals surface area contributed by atoms with E-state index in [0.29, 0.717) is 5.56 Å². The van der Waals surface area contributed by atoms with Gasteiger partial charge >= 0.3 is 0 Å². The van der Waals surface area contributed by atoms with Crippen molar-refractivity contribution in [3.8, 4) is 12.1 Å². The van der Waals surface area contributed by atoms with Gasteiger partial charge in [-0.15, -0.1) is 0 Å². The number of aromatic nitrogens is 1. The Morgan fingerprint density at radius 2 is 2.14 bits per heavy atom. The van der Waals surface area contributed by atoms with Crippen LogP contribution in [0.1, 0.15) is 23.2 Å². The molecule has 0 aromatic carbocycles. The summed E-state index contributed by atoms with van der Waals surface area (Å²) in [5.74, 6) is 0. The zero-order valence-electron chi connectivity index (χ0n) is 7.04. The fraction of sp³-hybridized carbons (Fsp3) is 0.222. The Balaban J connectivity index is 3.28. The molecule has 1 heterocycles. The van der Waals surface area contributed by atoms with Crippen LogP contribution >= 0.6 is 0 Å².